The molecule has 1 saturated heterocycles. The number of hydrogen-bond donors (Lipinski definition) is 0. The average molecular weight is 312 g/mol. The van der Waals surface area contributed by atoms with Crippen molar-refractivity contribution in [1.82, 2.24) is 9.47 Å². The lowest BCUT2D eigenvalue weighted by Gasteiger charge is -2.34. The number of aromatic nitrogens is 1. The molecule has 0 unspecified atom stereocenters. The maximum Gasteiger partial charge on any atom is 0.225 e. The second kappa shape index (κ2) is 6.77. The standard InChI is InChI=1S/C20H28N2O/c1-4-15(5-2)20(23)22-12-10-16(11-13-22)18-14-21(3)19-9-7-6-8-17(18)19/h6-9,14-16H,4-5,10-13H2,1-3H3. The maximum absolute atomic E-state index is 12.5. The highest BCUT2D eigenvalue weighted by atomic mass is 16.2. The second-order valence-electron chi connectivity index (χ2n) is 6.83. The molecule has 1 aromatic carbocycles. The van der Waals surface area contributed by atoms with Crippen molar-refractivity contribution in [3.63, 3.8) is 0 Å². The van der Waals surface area contributed by atoms with Crippen LogP contribution in [0.3, 0.4) is 0 Å². The van der Waals surface area contributed by atoms with Gasteiger partial charge < -0.3 is 9.47 Å². The molecule has 3 nitrogen and oxygen atoms in total. The number of fused-ring (bicyclic) bond motifs is 1. The van der Waals surface area contributed by atoms with Gasteiger partial charge in [-0.1, -0.05) is 32.0 Å². The molecule has 124 valence electrons. The van der Waals surface area contributed by atoms with E-state index in [1.165, 1.54) is 16.5 Å². The molecule has 0 saturated carbocycles. The van der Waals surface area contributed by atoms with Gasteiger partial charge in [0.15, 0.2) is 0 Å². The molecule has 0 radical (unpaired) electrons. The van der Waals surface area contributed by atoms with E-state index in [0.717, 1.165) is 38.8 Å². The SMILES string of the molecule is CCC(CC)C(=O)N1CCC(c2cn(C)c3ccccc23)CC1. The maximum atomic E-state index is 12.5. The number of benzene rings is 1. The van der Waals surface area contributed by atoms with Crippen molar-refractivity contribution in [2.75, 3.05) is 13.1 Å². The Morgan fingerprint density at radius 3 is 2.48 bits per heavy atom. The van der Waals surface area contributed by atoms with Crippen LogP contribution >= 0.6 is 0 Å². The van der Waals surface area contributed by atoms with Crippen LogP contribution in [-0.4, -0.2) is 28.5 Å². The molecule has 0 atom stereocenters. The van der Waals surface area contributed by atoms with Crippen molar-refractivity contribution in [2.45, 2.75) is 45.4 Å². The Morgan fingerprint density at radius 1 is 1.17 bits per heavy atom. The van der Waals surface area contributed by atoms with Crippen molar-refractivity contribution >= 4 is 16.8 Å². The number of likely N-dealkylation sites (tertiary alicyclic amines) is 1. The average Bonchev–Trinajstić information content (AvgIpc) is 2.93. The topological polar surface area (TPSA) is 25.2 Å². The fourth-order valence-corrected chi connectivity index (χ4v) is 4.01. The Labute approximate surface area is 139 Å². The fraction of sp³-hybridized carbons (Fsp3) is 0.550. The number of hydrogen-bond acceptors (Lipinski definition) is 1. The number of para-hydroxylation sites is 1. The monoisotopic (exact) mass is 312 g/mol. The van der Waals surface area contributed by atoms with E-state index in [2.05, 4.69) is 60.8 Å². The van der Waals surface area contributed by atoms with Gasteiger partial charge in [0.05, 0.1) is 0 Å². The highest BCUT2D eigenvalue weighted by Crippen LogP contribution is 2.34. The van der Waals surface area contributed by atoms with E-state index in [1.54, 1.807) is 0 Å². The van der Waals surface area contributed by atoms with Crippen molar-refractivity contribution in [2.24, 2.45) is 13.0 Å². The lowest BCUT2D eigenvalue weighted by Crippen LogP contribution is -2.41. The Morgan fingerprint density at radius 2 is 1.83 bits per heavy atom. The number of aryl methyl sites for hydroxylation is 1. The summed E-state index contributed by atoms with van der Waals surface area (Å²) in [5.41, 5.74) is 2.76. The highest BCUT2D eigenvalue weighted by molar-refractivity contribution is 5.84. The van der Waals surface area contributed by atoms with Gasteiger partial charge in [-0.25, -0.2) is 0 Å². The number of carbonyl (C=O) groups excluding carboxylic acids is 1. The van der Waals surface area contributed by atoms with Gasteiger partial charge in [0, 0.05) is 43.2 Å². The smallest absolute Gasteiger partial charge is 0.225 e. The van der Waals surface area contributed by atoms with Gasteiger partial charge >= 0.3 is 0 Å². The third-order valence-corrected chi connectivity index (χ3v) is 5.51. The molecule has 3 rings (SSSR count). The molecule has 23 heavy (non-hydrogen) atoms. The van der Waals surface area contributed by atoms with E-state index in [9.17, 15) is 4.79 Å². The zero-order chi connectivity index (χ0) is 16.4. The summed E-state index contributed by atoms with van der Waals surface area (Å²) in [6.45, 7) is 6.05. The van der Waals surface area contributed by atoms with Crippen molar-refractivity contribution in [3.8, 4) is 0 Å². The molecular formula is C20H28N2O. The first kappa shape index (κ1) is 16.1. The lowest BCUT2D eigenvalue weighted by atomic mass is 9.88. The van der Waals surface area contributed by atoms with Gasteiger partial charge in [0.2, 0.25) is 5.91 Å². The molecule has 0 aliphatic carbocycles. The largest absolute Gasteiger partial charge is 0.350 e. The number of rotatable bonds is 4. The summed E-state index contributed by atoms with van der Waals surface area (Å²) in [7, 11) is 2.12. The number of nitrogens with zero attached hydrogens (tertiary/aromatic N) is 2. The van der Waals surface area contributed by atoms with Gasteiger partial charge in [0.25, 0.3) is 0 Å². The normalized spacial score (nSPS) is 16.4. The molecule has 3 heteroatoms. The minimum atomic E-state index is 0.212. The highest BCUT2D eigenvalue weighted by Gasteiger charge is 2.28. The van der Waals surface area contributed by atoms with Crippen LogP contribution in [0.2, 0.25) is 0 Å². The molecule has 2 aromatic rings. The van der Waals surface area contributed by atoms with Gasteiger partial charge in [0.1, 0.15) is 0 Å². The van der Waals surface area contributed by atoms with Crippen LogP contribution in [0.15, 0.2) is 30.5 Å². The van der Waals surface area contributed by atoms with E-state index >= 15 is 0 Å². The zero-order valence-electron chi connectivity index (χ0n) is 14.6. The predicted octanol–water partition coefficient (Wildman–Crippen LogP) is 4.32. The minimum absolute atomic E-state index is 0.212. The Balaban J connectivity index is 1.72. The molecule has 0 N–H and O–H groups in total. The van der Waals surface area contributed by atoms with Crippen LogP contribution in [-0.2, 0) is 11.8 Å². The van der Waals surface area contributed by atoms with E-state index in [0.29, 0.717) is 11.8 Å². The first-order valence-corrected chi connectivity index (χ1v) is 8.98. The lowest BCUT2D eigenvalue weighted by molar-refractivity contribution is -0.136. The van der Waals surface area contributed by atoms with E-state index in [4.69, 9.17) is 0 Å². The Hall–Kier alpha value is -1.77. The molecule has 2 heterocycles. The van der Waals surface area contributed by atoms with Gasteiger partial charge in [-0.05, 0) is 43.2 Å². The zero-order valence-corrected chi connectivity index (χ0v) is 14.6. The van der Waals surface area contributed by atoms with E-state index in [-0.39, 0.29) is 5.92 Å². The van der Waals surface area contributed by atoms with Gasteiger partial charge in [-0.3, -0.25) is 4.79 Å². The molecule has 1 amide bonds. The van der Waals surface area contributed by atoms with Crippen LogP contribution in [0, 0.1) is 5.92 Å². The summed E-state index contributed by atoms with van der Waals surface area (Å²) in [5, 5.41) is 1.37. The first-order chi connectivity index (χ1) is 11.2. The molecule has 0 spiro atoms. The summed E-state index contributed by atoms with van der Waals surface area (Å²) in [6.07, 6.45) is 6.37. The number of carbonyl (C=O) groups is 1. The molecular weight excluding hydrogens is 284 g/mol. The van der Waals surface area contributed by atoms with Crippen molar-refractivity contribution < 1.29 is 4.79 Å². The van der Waals surface area contributed by atoms with E-state index in [1.807, 2.05) is 0 Å². The Kier molecular flexibility index (Phi) is 4.74. The molecule has 1 aromatic heterocycles. The van der Waals surface area contributed by atoms with Gasteiger partial charge in [-0.2, -0.15) is 0 Å². The summed E-state index contributed by atoms with van der Waals surface area (Å²) < 4.78 is 2.23. The third kappa shape index (κ3) is 3.01. The minimum Gasteiger partial charge on any atom is -0.350 e. The summed E-state index contributed by atoms with van der Waals surface area (Å²) in [6, 6.07) is 8.64. The van der Waals surface area contributed by atoms with Crippen LogP contribution in [0.5, 0.6) is 0 Å². The van der Waals surface area contributed by atoms with Crippen LogP contribution < -0.4 is 0 Å². The summed E-state index contributed by atoms with van der Waals surface area (Å²) in [5.74, 6) is 1.15. The third-order valence-electron chi connectivity index (χ3n) is 5.51. The number of amides is 1. The van der Waals surface area contributed by atoms with Crippen LogP contribution in [0.25, 0.3) is 10.9 Å². The molecule has 0 bridgehead atoms. The van der Waals surface area contributed by atoms with E-state index < -0.39 is 0 Å². The van der Waals surface area contributed by atoms with Crippen LogP contribution in [0.1, 0.15) is 51.0 Å². The second-order valence-corrected chi connectivity index (χ2v) is 6.83. The first-order valence-electron chi connectivity index (χ1n) is 8.98. The molecule has 1 aliphatic heterocycles. The quantitative estimate of drug-likeness (QED) is 0.825. The molecule has 1 fully saturated rings. The summed E-state index contributed by atoms with van der Waals surface area (Å²) >= 11 is 0. The predicted molar refractivity (Wildman–Crippen MR) is 95.5 cm³/mol. The summed E-state index contributed by atoms with van der Waals surface area (Å²) in [4.78, 5) is 14.6. The van der Waals surface area contributed by atoms with Crippen molar-refractivity contribution in [1.29, 1.82) is 0 Å². The Bertz CT molecular complexity index is 676. The number of piperidine rings is 1. The van der Waals surface area contributed by atoms with Crippen LogP contribution in [0.4, 0.5) is 0 Å². The van der Waals surface area contributed by atoms with Crippen molar-refractivity contribution in [3.05, 3.63) is 36.0 Å². The fourth-order valence-electron chi connectivity index (χ4n) is 4.01. The van der Waals surface area contributed by atoms with Gasteiger partial charge in [-0.15, -0.1) is 0 Å². The molecule has 1 aliphatic rings.